The zero-order valence-electron chi connectivity index (χ0n) is 9.96. The van der Waals surface area contributed by atoms with Gasteiger partial charge in [-0.15, -0.1) is 0 Å². The number of hydrogen-bond acceptors (Lipinski definition) is 6. The van der Waals surface area contributed by atoms with Gasteiger partial charge in [0.25, 0.3) is 0 Å². The summed E-state index contributed by atoms with van der Waals surface area (Å²) in [4.78, 5) is 13.8. The lowest BCUT2D eigenvalue weighted by Gasteiger charge is -2.11. The van der Waals surface area contributed by atoms with Crippen LogP contribution in [0.15, 0.2) is 28.7 Å². The molecule has 0 saturated carbocycles. The van der Waals surface area contributed by atoms with Gasteiger partial charge in [-0.05, 0) is 28.1 Å². The highest BCUT2D eigenvalue weighted by Crippen LogP contribution is 2.27. The number of nitrogens with two attached hydrogens (primary N) is 1. The smallest absolute Gasteiger partial charge is 0.328 e. The third-order valence-corrected chi connectivity index (χ3v) is 2.71. The lowest BCUT2D eigenvalue weighted by molar-refractivity contribution is 0.438. The topological polar surface area (TPSA) is 77.2 Å². The highest BCUT2D eigenvalue weighted by Gasteiger charge is 2.09. The van der Waals surface area contributed by atoms with Crippen molar-refractivity contribution in [3.63, 3.8) is 0 Å². The van der Waals surface area contributed by atoms with Crippen LogP contribution in [0, 0.1) is 0 Å². The van der Waals surface area contributed by atoms with Crippen LogP contribution in [0.4, 0.5) is 11.9 Å². The van der Waals surface area contributed by atoms with Crippen LogP contribution in [0.5, 0.6) is 11.8 Å². The van der Waals surface area contributed by atoms with Crippen LogP contribution in [0.25, 0.3) is 0 Å². The molecule has 0 fully saturated rings. The van der Waals surface area contributed by atoms with Crippen LogP contribution in [0.2, 0.25) is 0 Å². The first-order valence-electron chi connectivity index (χ1n) is 5.17. The number of nitrogens with zero attached hydrogens (tertiary/aromatic N) is 4. The minimum Gasteiger partial charge on any atom is -0.423 e. The van der Waals surface area contributed by atoms with E-state index in [1.165, 1.54) is 0 Å². The van der Waals surface area contributed by atoms with E-state index in [-0.39, 0.29) is 12.0 Å². The second-order valence-corrected chi connectivity index (χ2v) is 4.56. The summed E-state index contributed by atoms with van der Waals surface area (Å²) >= 11 is 3.38. The number of nitrogen functional groups attached to an aromatic ring is 1. The molecule has 0 amide bonds. The summed E-state index contributed by atoms with van der Waals surface area (Å²) in [6.07, 6.45) is 0. The minimum atomic E-state index is 0.121. The molecule has 94 valence electrons. The molecule has 0 aliphatic carbocycles. The summed E-state index contributed by atoms with van der Waals surface area (Å²) in [5.41, 5.74) is 5.61. The number of rotatable bonds is 3. The number of anilines is 2. The van der Waals surface area contributed by atoms with Crippen molar-refractivity contribution in [3.8, 4) is 11.8 Å². The van der Waals surface area contributed by atoms with Gasteiger partial charge in [0.2, 0.25) is 11.9 Å². The fraction of sp³-hybridized carbons (Fsp3) is 0.182. The molecule has 0 atom stereocenters. The SMILES string of the molecule is CN(C)c1nc(N)nc(Oc2ccccc2Br)n1. The third kappa shape index (κ3) is 2.86. The van der Waals surface area contributed by atoms with Gasteiger partial charge in [0.1, 0.15) is 5.75 Å². The number of hydrogen-bond donors (Lipinski definition) is 1. The van der Waals surface area contributed by atoms with Crippen LogP contribution in [-0.2, 0) is 0 Å². The molecule has 1 aromatic heterocycles. The molecule has 1 heterocycles. The highest BCUT2D eigenvalue weighted by molar-refractivity contribution is 9.10. The predicted octanol–water partition coefficient (Wildman–Crippen LogP) is 2.07. The van der Waals surface area contributed by atoms with Gasteiger partial charge in [-0.1, -0.05) is 12.1 Å². The maximum atomic E-state index is 5.61. The molecular formula is C11H12BrN5O. The first-order valence-corrected chi connectivity index (χ1v) is 5.97. The van der Waals surface area contributed by atoms with Crippen molar-refractivity contribution in [1.29, 1.82) is 0 Å². The van der Waals surface area contributed by atoms with E-state index in [4.69, 9.17) is 10.5 Å². The van der Waals surface area contributed by atoms with Crippen molar-refractivity contribution in [1.82, 2.24) is 15.0 Å². The van der Waals surface area contributed by atoms with Gasteiger partial charge in [0, 0.05) is 14.1 Å². The van der Waals surface area contributed by atoms with Crippen molar-refractivity contribution in [2.24, 2.45) is 0 Å². The molecule has 0 spiro atoms. The van der Waals surface area contributed by atoms with Crippen molar-refractivity contribution in [2.75, 3.05) is 24.7 Å². The maximum absolute atomic E-state index is 5.61. The molecule has 0 aliphatic rings. The van der Waals surface area contributed by atoms with Crippen LogP contribution in [0.3, 0.4) is 0 Å². The number of ether oxygens (including phenoxy) is 1. The lowest BCUT2D eigenvalue weighted by atomic mass is 10.3. The molecule has 2 rings (SSSR count). The predicted molar refractivity (Wildman–Crippen MR) is 72.8 cm³/mol. The standard InChI is InChI=1S/C11H12BrN5O/c1-17(2)10-14-9(13)15-11(16-10)18-8-6-4-3-5-7(8)12/h3-6H,1-2H3,(H2,13,14,15,16). The van der Waals surface area contributed by atoms with E-state index >= 15 is 0 Å². The second-order valence-electron chi connectivity index (χ2n) is 3.70. The van der Waals surface area contributed by atoms with Gasteiger partial charge in [0.15, 0.2) is 0 Å². The van der Waals surface area contributed by atoms with Crippen LogP contribution in [0.1, 0.15) is 0 Å². The summed E-state index contributed by atoms with van der Waals surface area (Å²) in [5.74, 6) is 1.19. The Labute approximate surface area is 113 Å². The number of para-hydroxylation sites is 1. The Morgan fingerprint density at radius 1 is 1.17 bits per heavy atom. The van der Waals surface area contributed by atoms with Gasteiger partial charge >= 0.3 is 6.01 Å². The molecule has 0 radical (unpaired) electrons. The Morgan fingerprint density at radius 3 is 2.56 bits per heavy atom. The van der Waals surface area contributed by atoms with Crippen LogP contribution in [-0.4, -0.2) is 29.0 Å². The third-order valence-electron chi connectivity index (χ3n) is 2.06. The Balaban J connectivity index is 2.32. The summed E-state index contributed by atoms with van der Waals surface area (Å²) in [7, 11) is 3.63. The lowest BCUT2D eigenvalue weighted by Crippen LogP contribution is -2.15. The number of halogens is 1. The second kappa shape index (κ2) is 5.18. The Kier molecular flexibility index (Phi) is 3.61. The highest BCUT2D eigenvalue weighted by atomic mass is 79.9. The van der Waals surface area contributed by atoms with Crippen molar-refractivity contribution in [3.05, 3.63) is 28.7 Å². The molecule has 0 saturated heterocycles. The Morgan fingerprint density at radius 2 is 1.89 bits per heavy atom. The number of benzene rings is 1. The van der Waals surface area contributed by atoms with E-state index in [1.54, 1.807) is 11.0 Å². The molecule has 18 heavy (non-hydrogen) atoms. The molecule has 1 aromatic carbocycles. The summed E-state index contributed by atoms with van der Waals surface area (Å²) < 4.78 is 6.38. The normalized spacial score (nSPS) is 10.2. The zero-order valence-corrected chi connectivity index (χ0v) is 11.5. The summed E-state index contributed by atoms with van der Waals surface area (Å²) in [5, 5.41) is 0. The van der Waals surface area contributed by atoms with E-state index in [9.17, 15) is 0 Å². The van der Waals surface area contributed by atoms with Gasteiger partial charge in [-0.25, -0.2) is 0 Å². The molecule has 2 N–H and O–H groups in total. The molecule has 0 unspecified atom stereocenters. The van der Waals surface area contributed by atoms with Crippen LogP contribution >= 0.6 is 15.9 Å². The van der Waals surface area contributed by atoms with Crippen LogP contribution < -0.4 is 15.4 Å². The fourth-order valence-corrected chi connectivity index (χ4v) is 1.60. The zero-order chi connectivity index (χ0) is 13.1. The molecule has 0 aliphatic heterocycles. The van der Waals surface area contributed by atoms with Gasteiger partial charge in [-0.2, -0.15) is 15.0 Å². The van der Waals surface area contributed by atoms with Crippen molar-refractivity contribution in [2.45, 2.75) is 0 Å². The van der Waals surface area contributed by atoms with Gasteiger partial charge in [0.05, 0.1) is 4.47 Å². The van der Waals surface area contributed by atoms with Crippen molar-refractivity contribution < 1.29 is 4.74 Å². The molecule has 6 nitrogen and oxygen atoms in total. The molecule has 2 aromatic rings. The summed E-state index contributed by atoms with van der Waals surface area (Å²) in [6.45, 7) is 0. The Bertz CT molecular complexity index is 561. The first kappa shape index (κ1) is 12.6. The monoisotopic (exact) mass is 309 g/mol. The van der Waals surface area contributed by atoms with Gasteiger partial charge < -0.3 is 15.4 Å². The minimum absolute atomic E-state index is 0.121. The largest absolute Gasteiger partial charge is 0.423 e. The molecular weight excluding hydrogens is 298 g/mol. The maximum Gasteiger partial charge on any atom is 0.328 e. The van der Waals surface area contributed by atoms with E-state index in [1.807, 2.05) is 32.3 Å². The van der Waals surface area contributed by atoms with E-state index in [2.05, 4.69) is 30.9 Å². The molecule has 7 heteroatoms. The quantitative estimate of drug-likeness (QED) is 0.935. The fourth-order valence-electron chi connectivity index (χ4n) is 1.23. The number of aromatic nitrogens is 3. The van der Waals surface area contributed by atoms with E-state index < -0.39 is 0 Å². The van der Waals surface area contributed by atoms with Gasteiger partial charge in [-0.3, -0.25) is 0 Å². The average Bonchev–Trinajstić information content (AvgIpc) is 2.31. The summed E-state index contributed by atoms with van der Waals surface area (Å²) in [6, 6.07) is 7.59. The first-order chi connectivity index (χ1) is 8.56. The molecule has 0 bridgehead atoms. The van der Waals surface area contributed by atoms with E-state index in [0.29, 0.717) is 11.7 Å². The van der Waals surface area contributed by atoms with Crippen molar-refractivity contribution >= 4 is 27.8 Å². The average molecular weight is 310 g/mol. The Hall–Kier alpha value is -1.89. The van der Waals surface area contributed by atoms with E-state index in [0.717, 1.165) is 4.47 Å².